The number of nitrogens with zero attached hydrogens (tertiary/aromatic N) is 2. The Morgan fingerprint density at radius 1 is 0.844 bits per heavy atom. The summed E-state index contributed by atoms with van der Waals surface area (Å²) in [6, 6.07) is 9.69. The Morgan fingerprint density at radius 2 is 1.34 bits per heavy atom. The minimum atomic E-state index is -4.50. The van der Waals surface area contributed by atoms with Crippen LogP contribution < -0.4 is 5.56 Å². The normalized spacial score (nSPS) is 13.1. The molecule has 0 fully saturated rings. The third-order valence-electron chi connectivity index (χ3n) is 4.83. The number of halogens is 6. The molecule has 0 saturated carbocycles. The maximum Gasteiger partial charge on any atom is 0.416 e. The summed E-state index contributed by atoms with van der Waals surface area (Å²) in [5.74, 6) is -0.469. The largest absolute Gasteiger partial charge is 0.416 e. The van der Waals surface area contributed by atoms with E-state index in [1.54, 1.807) is 0 Å². The van der Waals surface area contributed by atoms with Gasteiger partial charge in [-0.1, -0.05) is 24.3 Å². The van der Waals surface area contributed by atoms with Gasteiger partial charge in [-0.2, -0.15) is 31.4 Å². The monoisotopic (exact) mass is 454 g/mol. The average Bonchev–Trinajstić information content (AvgIpc) is 2.73. The van der Waals surface area contributed by atoms with Crippen LogP contribution in [0.15, 0.2) is 65.5 Å². The predicted octanol–water partition coefficient (Wildman–Crippen LogP) is 5.32. The standard InChI is InChI=1S/C22H16F6N2O2/c1-13(19(31)12-14-2-6-16(7-3-14)21(23,24)25)30-20(32)11-10-18(29-30)15-4-8-17(9-5-15)22(26,27)28/h2-11,13H,12H2,1H3. The summed E-state index contributed by atoms with van der Waals surface area (Å²) in [4.78, 5) is 24.8. The third kappa shape index (κ3) is 5.24. The van der Waals surface area contributed by atoms with E-state index < -0.39 is 40.9 Å². The number of carbonyl (C=O) groups is 1. The molecule has 1 unspecified atom stereocenters. The van der Waals surface area contributed by atoms with Crippen molar-refractivity contribution in [1.82, 2.24) is 9.78 Å². The molecule has 10 heteroatoms. The SMILES string of the molecule is CC(C(=O)Cc1ccc(C(F)(F)F)cc1)n1nc(-c2ccc(C(F)(F)F)cc2)ccc1=O. The van der Waals surface area contributed by atoms with Gasteiger partial charge in [-0.05, 0) is 42.8 Å². The Bertz CT molecular complexity index is 1160. The van der Waals surface area contributed by atoms with Crippen molar-refractivity contribution < 1.29 is 31.1 Å². The number of carbonyl (C=O) groups excluding carboxylic acids is 1. The van der Waals surface area contributed by atoms with E-state index in [0.29, 0.717) is 11.1 Å². The zero-order chi connectivity index (χ0) is 23.7. The second-order valence-corrected chi connectivity index (χ2v) is 7.09. The van der Waals surface area contributed by atoms with Crippen molar-refractivity contribution >= 4 is 5.78 Å². The van der Waals surface area contributed by atoms with Gasteiger partial charge in [-0.3, -0.25) is 9.59 Å². The van der Waals surface area contributed by atoms with Crippen LogP contribution >= 0.6 is 0 Å². The molecule has 3 aromatic rings. The zero-order valence-electron chi connectivity index (χ0n) is 16.5. The first kappa shape index (κ1) is 23.2. The van der Waals surface area contributed by atoms with Gasteiger partial charge in [0.2, 0.25) is 0 Å². The van der Waals surface area contributed by atoms with E-state index in [2.05, 4.69) is 5.10 Å². The van der Waals surface area contributed by atoms with Crippen molar-refractivity contribution in [2.75, 3.05) is 0 Å². The maximum absolute atomic E-state index is 12.7. The molecule has 0 amide bonds. The van der Waals surface area contributed by atoms with Crippen molar-refractivity contribution in [2.45, 2.75) is 31.7 Å². The Kier molecular flexibility index (Phi) is 6.25. The van der Waals surface area contributed by atoms with Crippen molar-refractivity contribution in [3.8, 4) is 11.3 Å². The number of alkyl halides is 6. The highest BCUT2D eigenvalue weighted by Gasteiger charge is 2.31. The van der Waals surface area contributed by atoms with Gasteiger partial charge in [0.25, 0.3) is 5.56 Å². The van der Waals surface area contributed by atoms with Gasteiger partial charge < -0.3 is 0 Å². The van der Waals surface area contributed by atoms with Gasteiger partial charge in [0.05, 0.1) is 16.8 Å². The van der Waals surface area contributed by atoms with Gasteiger partial charge in [0.15, 0.2) is 5.78 Å². The van der Waals surface area contributed by atoms with Crippen LogP contribution in [0.5, 0.6) is 0 Å². The number of benzene rings is 2. The molecule has 3 rings (SSSR count). The minimum Gasteiger partial charge on any atom is -0.297 e. The quantitative estimate of drug-likeness (QED) is 0.491. The highest BCUT2D eigenvalue weighted by atomic mass is 19.4. The first-order valence-electron chi connectivity index (χ1n) is 9.32. The van der Waals surface area contributed by atoms with E-state index >= 15 is 0 Å². The molecule has 0 saturated heterocycles. The summed E-state index contributed by atoms with van der Waals surface area (Å²) in [7, 11) is 0. The van der Waals surface area contributed by atoms with Gasteiger partial charge in [-0.25, -0.2) is 4.68 Å². The van der Waals surface area contributed by atoms with Gasteiger partial charge in [0, 0.05) is 18.1 Å². The summed E-state index contributed by atoms with van der Waals surface area (Å²) < 4.78 is 77.1. The Hall–Kier alpha value is -3.43. The number of aromatic nitrogens is 2. The fourth-order valence-corrected chi connectivity index (χ4v) is 2.98. The first-order valence-corrected chi connectivity index (χ1v) is 9.32. The van der Waals surface area contributed by atoms with Crippen LogP contribution in [-0.2, 0) is 23.6 Å². The van der Waals surface area contributed by atoms with E-state index in [0.717, 1.165) is 35.0 Å². The fraction of sp³-hybridized carbons (Fsp3) is 0.227. The Morgan fingerprint density at radius 3 is 1.84 bits per heavy atom. The molecule has 4 nitrogen and oxygen atoms in total. The van der Waals surface area contributed by atoms with E-state index in [4.69, 9.17) is 0 Å². The molecule has 0 radical (unpaired) electrons. The van der Waals surface area contributed by atoms with E-state index in [9.17, 15) is 35.9 Å². The van der Waals surface area contributed by atoms with Crippen LogP contribution in [0.2, 0.25) is 0 Å². The zero-order valence-corrected chi connectivity index (χ0v) is 16.5. The minimum absolute atomic E-state index is 0.188. The smallest absolute Gasteiger partial charge is 0.297 e. The lowest BCUT2D eigenvalue weighted by Crippen LogP contribution is -2.30. The van der Waals surface area contributed by atoms with Crippen molar-refractivity contribution in [3.05, 3.63) is 87.7 Å². The van der Waals surface area contributed by atoms with Crippen molar-refractivity contribution in [3.63, 3.8) is 0 Å². The number of hydrogen-bond donors (Lipinski definition) is 0. The molecule has 32 heavy (non-hydrogen) atoms. The molecule has 0 aliphatic carbocycles. The molecule has 0 aliphatic rings. The summed E-state index contributed by atoms with van der Waals surface area (Å²) in [5.41, 5.74) is -1.45. The molecule has 168 valence electrons. The number of hydrogen-bond acceptors (Lipinski definition) is 3. The van der Waals surface area contributed by atoms with E-state index in [1.165, 1.54) is 37.3 Å². The second kappa shape index (κ2) is 8.60. The topological polar surface area (TPSA) is 52.0 Å². The summed E-state index contributed by atoms with van der Waals surface area (Å²) in [6.45, 7) is 1.41. The lowest BCUT2D eigenvalue weighted by molar-refractivity contribution is -0.138. The molecule has 1 aromatic heterocycles. The van der Waals surface area contributed by atoms with Crippen molar-refractivity contribution in [2.24, 2.45) is 0 Å². The molecule has 0 spiro atoms. The lowest BCUT2D eigenvalue weighted by atomic mass is 10.0. The highest BCUT2D eigenvalue weighted by molar-refractivity contribution is 5.84. The van der Waals surface area contributed by atoms with Crippen molar-refractivity contribution in [1.29, 1.82) is 0 Å². The van der Waals surface area contributed by atoms with Gasteiger partial charge in [-0.15, -0.1) is 0 Å². The molecular formula is C22H16F6N2O2. The molecule has 2 aromatic carbocycles. The van der Waals surface area contributed by atoms with Crippen LogP contribution in [0.25, 0.3) is 11.3 Å². The molecule has 1 heterocycles. The van der Waals surface area contributed by atoms with Crippen LogP contribution in [0.3, 0.4) is 0 Å². The summed E-state index contributed by atoms with van der Waals surface area (Å²) in [6.07, 6.45) is -9.21. The molecular weight excluding hydrogens is 438 g/mol. The lowest BCUT2D eigenvalue weighted by Gasteiger charge is -2.15. The molecule has 1 atom stereocenters. The second-order valence-electron chi connectivity index (χ2n) is 7.09. The van der Waals surface area contributed by atoms with E-state index in [1.807, 2.05) is 0 Å². The highest BCUT2D eigenvalue weighted by Crippen LogP contribution is 2.31. The first-order chi connectivity index (χ1) is 14.9. The summed E-state index contributed by atoms with van der Waals surface area (Å²) >= 11 is 0. The van der Waals surface area contributed by atoms with Crippen LogP contribution in [0.1, 0.15) is 29.7 Å². The van der Waals surface area contributed by atoms with Crippen LogP contribution in [0.4, 0.5) is 26.3 Å². The third-order valence-corrected chi connectivity index (χ3v) is 4.83. The summed E-state index contributed by atoms with van der Waals surface area (Å²) in [5, 5.41) is 4.10. The average molecular weight is 454 g/mol. The van der Waals surface area contributed by atoms with Crippen LogP contribution in [0, 0.1) is 0 Å². The van der Waals surface area contributed by atoms with Crippen LogP contribution in [-0.4, -0.2) is 15.6 Å². The predicted molar refractivity (Wildman–Crippen MR) is 104 cm³/mol. The molecule has 0 aliphatic heterocycles. The van der Waals surface area contributed by atoms with Gasteiger partial charge in [0.1, 0.15) is 6.04 Å². The van der Waals surface area contributed by atoms with E-state index in [-0.39, 0.29) is 12.1 Å². The number of Topliss-reactive ketones (excluding diaryl/α,β-unsaturated/α-hetero) is 1. The molecule has 0 N–H and O–H groups in total. The van der Waals surface area contributed by atoms with Gasteiger partial charge >= 0.3 is 12.4 Å². The number of rotatable bonds is 5. The Balaban J connectivity index is 1.81. The fourth-order valence-electron chi connectivity index (χ4n) is 2.98. The Labute approximate surface area is 178 Å². The maximum atomic E-state index is 12.7. The number of ketones is 1. The molecule has 0 bridgehead atoms.